The van der Waals surface area contributed by atoms with Gasteiger partial charge in [-0.3, -0.25) is 9.13 Å². The molecule has 0 N–H and O–H groups in total. The lowest BCUT2D eigenvalue weighted by Gasteiger charge is -2.13. The van der Waals surface area contributed by atoms with Gasteiger partial charge in [-0.2, -0.15) is 0 Å². The highest BCUT2D eigenvalue weighted by Crippen LogP contribution is 2.27. The Balaban J connectivity index is 1.99. The molecular formula is C16H22N2O3. The standard InChI is InChI=1S/C16H22N2O3/c1-11(2)18-13-7-4-8-14(15(13)17(3)16(18)19)21-10-12-6-5-9-20-12/h4,7-8,11-12H,5-6,9-10H2,1-3H3/t12-/m0/s1. The van der Waals surface area contributed by atoms with Crippen LogP contribution in [0.3, 0.4) is 0 Å². The normalized spacial score (nSPS) is 18.8. The molecule has 1 aliphatic rings. The molecule has 21 heavy (non-hydrogen) atoms. The zero-order valence-electron chi connectivity index (χ0n) is 12.8. The third-order valence-electron chi connectivity index (χ3n) is 4.03. The lowest BCUT2D eigenvalue weighted by molar-refractivity contribution is 0.0684. The number of hydrogen-bond acceptors (Lipinski definition) is 3. The molecule has 0 unspecified atom stereocenters. The number of aryl methyl sites for hydroxylation is 1. The van der Waals surface area contributed by atoms with Crippen molar-refractivity contribution in [1.29, 1.82) is 0 Å². The molecule has 0 aliphatic carbocycles. The molecule has 5 heteroatoms. The Hall–Kier alpha value is -1.75. The van der Waals surface area contributed by atoms with E-state index in [0.717, 1.165) is 36.2 Å². The molecule has 3 rings (SSSR count). The second-order valence-electron chi connectivity index (χ2n) is 5.88. The zero-order valence-corrected chi connectivity index (χ0v) is 12.8. The molecule has 5 nitrogen and oxygen atoms in total. The fraction of sp³-hybridized carbons (Fsp3) is 0.562. The Kier molecular flexibility index (Phi) is 3.76. The summed E-state index contributed by atoms with van der Waals surface area (Å²) < 4.78 is 15.0. The number of hydrogen-bond donors (Lipinski definition) is 0. The number of nitrogens with zero attached hydrogens (tertiary/aromatic N) is 2. The number of benzene rings is 1. The van der Waals surface area contributed by atoms with Crippen molar-refractivity contribution in [2.24, 2.45) is 7.05 Å². The number of aromatic nitrogens is 2. The van der Waals surface area contributed by atoms with Crippen molar-refractivity contribution in [1.82, 2.24) is 9.13 Å². The molecule has 1 aromatic carbocycles. The van der Waals surface area contributed by atoms with E-state index in [1.807, 2.05) is 32.0 Å². The summed E-state index contributed by atoms with van der Waals surface area (Å²) in [5.74, 6) is 0.752. The first-order valence-corrected chi connectivity index (χ1v) is 7.54. The molecule has 0 bridgehead atoms. The molecule has 0 saturated carbocycles. The minimum absolute atomic E-state index is 0.00633. The summed E-state index contributed by atoms with van der Waals surface area (Å²) in [6, 6.07) is 5.94. The zero-order chi connectivity index (χ0) is 15.0. The number of imidazole rings is 1. The first kappa shape index (κ1) is 14.2. The molecule has 2 heterocycles. The Morgan fingerprint density at radius 2 is 2.24 bits per heavy atom. The average Bonchev–Trinajstić information content (AvgIpc) is 3.05. The van der Waals surface area contributed by atoms with Crippen molar-refractivity contribution in [2.45, 2.75) is 38.8 Å². The minimum atomic E-state index is -0.00633. The molecule has 2 aromatic rings. The Morgan fingerprint density at radius 1 is 1.43 bits per heavy atom. The predicted molar refractivity (Wildman–Crippen MR) is 82.0 cm³/mol. The van der Waals surface area contributed by atoms with Gasteiger partial charge in [0.25, 0.3) is 0 Å². The first-order chi connectivity index (χ1) is 10.1. The van der Waals surface area contributed by atoms with Crippen LogP contribution in [0.1, 0.15) is 32.7 Å². The highest BCUT2D eigenvalue weighted by Gasteiger charge is 2.19. The maximum atomic E-state index is 12.4. The molecule has 1 atom stereocenters. The number of ether oxygens (including phenoxy) is 2. The van der Waals surface area contributed by atoms with E-state index in [-0.39, 0.29) is 17.8 Å². The van der Waals surface area contributed by atoms with Crippen LogP contribution < -0.4 is 10.4 Å². The van der Waals surface area contributed by atoms with Crippen molar-refractivity contribution in [2.75, 3.05) is 13.2 Å². The second-order valence-corrected chi connectivity index (χ2v) is 5.88. The van der Waals surface area contributed by atoms with Gasteiger partial charge >= 0.3 is 5.69 Å². The van der Waals surface area contributed by atoms with Crippen molar-refractivity contribution >= 4 is 11.0 Å². The van der Waals surface area contributed by atoms with Gasteiger partial charge in [-0.05, 0) is 38.8 Å². The smallest absolute Gasteiger partial charge is 0.329 e. The van der Waals surface area contributed by atoms with Gasteiger partial charge in [0.05, 0.1) is 11.6 Å². The van der Waals surface area contributed by atoms with Gasteiger partial charge < -0.3 is 9.47 Å². The number of rotatable bonds is 4. The molecule has 114 valence electrons. The van der Waals surface area contributed by atoms with E-state index < -0.39 is 0 Å². The van der Waals surface area contributed by atoms with Crippen LogP contribution in [-0.2, 0) is 11.8 Å². The third-order valence-corrected chi connectivity index (χ3v) is 4.03. The van der Waals surface area contributed by atoms with Gasteiger partial charge in [-0.25, -0.2) is 4.79 Å². The van der Waals surface area contributed by atoms with Gasteiger partial charge in [0.1, 0.15) is 17.9 Å². The van der Waals surface area contributed by atoms with Crippen LogP contribution in [0.25, 0.3) is 11.0 Å². The summed E-state index contributed by atoms with van der Waals surface area (Å²) in [5.41, 5.74) is 1.77. The van der Waals surface area contributed by atoms with E-state index in [2.05, 4.69) is 0 Å². The molecule has 1 aromatic heterocycles. The molecule has 1 fully saturated rings. The van der Waals surface area contributed by atoms with E-state index >= 15 is 0 Å². The Labute approximate surface area is 124 Å². The summed E-state index contributed by atoms with van der Waals surface area (Å²) in [5, 5.41) is 0. The van der Waals surface area contributed by atoms with E-state index in [0.29, 0.717) is 6.61 Å². The van der Waals surface area contributed by atoms with Gasteiger partial charge in [0.15, 0.2) is 0 Å². The van der Waals surface area contributed by atoms with E-state index in [9.17, 15) is 4.79 Å². The van der Waals surface area contributed by atoms with Crippen LogP contribution >= 0.6 is 0 Å². The van der Waals surface area contributed by atoms with E-state index in [1.165, 1.54) is 0 Å². The maximum Gasteiger partial charge on any atom is 0.329 e. The fourth-order valence-electron chi connectivity index (χ4n) is 2.98. The molecule has 0 radical (unpaired) electrons. The summed E-state index contributed by atoms with van der Waals surface area (Å²) in [6.45, 7) is 5.39. The number of para-hydroxylation sites is 1. The summed E-state index contributed by atoms with van der Waals surface area (Å²) in [6.07, 6.45) is 2.31. The molecule has 1 saturated heterocycles. The summed E-state index contributed by atoms with van der Waals surface area (Å²) in [7, 11) is 1.79. The van der Waals surface area contributed by atoms with Crippen molar-refractivity contribution in [3.05, 3.63) is 28.7 Å². The molecular weight excluding hydrogens is 268 g/mol. The van der Waals surface area contributed by atoms with Crippen LogP contribution in [-0.4, -0.2) is 28.5 Å². The third kappa shape index (κ3) is 2.46. The van der Waals surface area contributed by atoms with Crippen molar-refractivity contribution in [3.63, 3.8) is 0 Å². The van der Waals surface area contributed by atoms with Gasteiger partial charge in [0, 0.05) is 19.7 Å². The fourth-order valence-corrected chi connectivity index (χ4v) is 2.98. The van der Waals surface area contributed by atoms with Crippen LogP contribution in [0.5, 0.6) is 5.75 Å². The maximum absolute atomic E-state index is 12.4. The SMILES string of the molecule is CC(C)n1c(=O)n(C)c2c(OC[C@@H]3CCCO3)cccc21. The van der Waals surface area contributed by atoms with Gasteiger partial charge in [-0.15, -0.1) is 0 Å². The Bertz CT molecular complexity index is 693. The van der Waals surface area contributed by atoms with Crippen LogP contribution in [0.15, 0.2) is 23.0 Å². The molecule has 0 amide bonds. The quantitative estimate of drug-likeness (QED) is 0.869. The lowest BCUT2D eigenvalue weighted by atomic mass is 10.2. The van der Waals surface area contributed by atoms with Crippen LogP contribution in [0.4, 0.5) is 0 Å². The van der Waals surface area contributed by atoms with Crippen molar-refractivity contribution in [3.8, 4) is 5.75 Å². The van der Waals surface area contributed by atoms with Gasteiger partial charge in [0.2, 0.25) is 0 Å². The van der Waals surface area contributed by atoms with E-state index in [4.69, 9.17) is 9.47 Å². The van der Waals surface area contributed by atoms with Crippen LogP contribution in [0.2, 0.25) is 0 Å². The summed E-state index contributed by atoms with van der Waals surface area (Å²) in [4.78, 5) is 12.4. The first-order valence-electron chi connectivity index (χ1n) is 7.54. The highest BCUT2D eigenvalue weighted by molar-refractivity contribution is 5.82. The molecule has 0 spiro atoms. The topological polar surface area (TPSA) is 45.4 Å². The molecule has 1 aliphatic heterocycles. The second kappa shape index (κ2) is 5.56. The lowest BCUT2D eigenvalue weighted by Crippen LogP contribution is -2.23. The monoisotopic (exact) mass is 290 g/mol. The van der Waals surface area contributed by atoms with Crippen molar-refractivity contribution < 1.29 is 9.47 Å². The van der Waals surface area contributed by atoms with Crippen LogP contribution in [0, 0.1) is 0 Å². The predicted octanol–water partition coefficient (Wildman–Crippen LogP) is 2.48. The Morgan fingerprint density at radius 3 is 2.90 bits per heavy atom. The summed E-state index contributed by atoms with van der Waals surface area (Å²) >= 11 is 0. The van der Waals surface area contributed by atoms with Gasteiger partial charge in [-0.1, -0.05) is 6.07 Å². The number of fused-ring (bicyclic) bond motifs is 1. The largest absolute Gasteiger partial charge is 0.489 e. The highest BCUT2D eigenvalue weighted by atomic mass is 16.5. The minimum Gasteiger partial charge on any atom is -0.489 e. The van der Waals surface area contributed by atoms with E-state index in [1.54, 1.807) is 16.2 Å². The average molecular weight is 290 g/mol.